The summed E-state index contributed by atoms with van der Waals surface area (Å²) in [5, 5.41) is 13.0. The largest absolute Gasteiger partial charge is 0.387 e. The number of benzene rings is 2. The van der Waals surface area contributed by atoms with E-state index in [2.05, 4.69) is 5.32 Å². The second kappa shape index (κ2) is 8.02. The van der Waals surface area contributed by atoms with E-state index in [1.807, 2.05) is 0 Å². The van der Waals surface area contributed by atoms with Crippen molar-refractivity contribution in [2.45, 2.75) is 18.9 Å². The van der Waals surface area contributed by atoms with Crippen LogP contribution < -0.4 is 10.2 Å². The van der Waals surface area contributed by atoms with Crippen LogP contribution in [0, 0.1) is 11.6 Å². The highest BCUT2D eigenvalue weighted by Crippen LogP contribution is 2.28. The van der Waals surface area contributed by atoms with Gasteiger partial charge in [-0.3, -0.25) is 9.59 Å². The van der Waals surface area contributed by atoms with E-state index >= 15 is 0 Å². The summed E-state index contributed by atoms with van der Waals surface area (Å²) in [5.41, 5.74) is 0.789. The molecule has 5 nitrogen and oxygen atoms in total. The van der Waals surface area contributed by atoms with Crippen molar-refractivity contribution in [3.05, 3.63) is 64.2 Å². The smallest absolute Gasteiger partial charge is 0.253 e. The minimum atomic E-state index is -1.21. The number of aliphatic hydroxyl groups excluding tert-OH is 1. The Labute approximate surface area is 159 Å². The van der Waals surface area contributed by atoms with Gasteiger partial charge < -0.3 is 15.3 Å². The molecule has 0 spiro atoms. The molecule has 0 saturated carbocycles. The van der Waals surface area contributed by atoms with Crippen molar-refractivity contribution in [3.63, 3.8) is 0 Å². The Morgan fingerprint density at radius 1 is 1.22 bits per heavy atom. The highest BCUT2D eigenvalue weighted by atomic mass is 35.5. The molecule has 2 aromatic rings. The van der Waals surface area contributed by atoms with Crippen molar-refractivity contribution in [2.75, 3.05) is 18.0 Å². The van der Waals surface area contributed by atoms with Crippen molar-refractivity contribution in [1.82, 2.24) is 5.32 Å². The lowest BCUT2D eigenvalue weighted by Gasteiger charge is -2.20. The summed E-state index contributed by atoms with van der Waals surface area (Å²) in [4.78, 5) is 26.1. The van der Waals surface area contributed by atoms with Gasteiger partial charge in [-0.1, -0.05) is 17.7 Å². The van der Waals surface area contributed by atoms with Crippen molar-refractivity contribution in [3.8, 4) is 0 Å². The molecule has 8 heteroatoms. The molecule has 0 aliphatic carbocycles. The van der Waals surface area contributed by atoms with Gasteiger partial charge in [0, 0.05) is 24.5 Å². The van der Waals surface area contributed by atoms with E-state index in [-0.39, 0.29) is 23.6 Å². The molecule has 1 aliphatic heterocycles. The Balaban J connectivity index is 1.74. The SMILES string of the molecule is O=C(NC[C@@H](O)c1ccc(F)c(F)c1)c1ccc(Cl)cc1N1CCCC1=O. The van der Waals surface area contributed by atoms with Crippen molar-refractivity contribution >= 4 is 29.1 Å². The van der Waals surface area contributed by atoms with Gasteiger partial charge in [0.2, 0.25) is 5.91 Å². The predicted octanol–water partition coefficient (Wildman–Crippen LogP) is 3.21. The van der Waals surface area contributed by atoms with Crippen LogP contribution >= 0.6 is 11.6 Å². The van der Waals surface area contributed by atoms with Gasteiger partial charge in [0.25, 0.3) is 5.91 Å². The number of halogens is 3. The molecular formula is C19H17ClF2N2O3. The van der Waals surface area contributed by atoms with E-state index in [1.165, 1.54) is 23.1 Å². The molecule has 0 radical (unpaired) electrons. The maximum absolute atomic E-state index is 13.3. The molecule has 3 rings (SSSR count). The quantitative estimate of drug-likeness (QED) is 0.818. The molecule has 1 atom stereocenters. The first-order valence-electron chi connectivity index (χ1n) is 8.38. The van der Waals surface area contributed by atoms with Crippen LogP contribution in [0.4, 0.5) is 14.5 Å². The van der Waals surface area contributed by atoms with Gasteiger partial charge in [0.05, 0.1) is 17.4 Å². The Morgan fingerprint density at radius 2 is 2.00 bits per heavy atom. The molecule has 142 valence electrons. The molecule has 2 aromatic carbocycles. The number of rotatable bonds is 5. The molecule has 2 N–H and O–H groups in total. The van der Waals surface area contributed by atoms with E-state index in [9.17, 15) is 23.5 Å². The summed E-state index contributed by atoms with van der Waals surface area (Å²) in [7, 11) is 0. The normalized spacial score (nSPS) is 15.1. The maximum Gasteiger partial charge on any atom is 0.253 e. The lowest BCUT2D eigenvalue weighted by atomic mass is 10.1. The number of carbonyl (C=O) groups is 2. The number of aliphatic hydroxyl groups is 1. The third-order valence-electron chi connectivity index (χ3n) is 4.35. The third kappa shape index (κ3) is 4.26. The Morgan fingerprint density at radius 3 is 2.67 bits per heavy atom. The van der Waals surface area contributed by atoms with Gasteiger partial charge in [-0.05, 0) is 42.3 Å². The van der Waals surface area contributed by atoms with Crippen LogP contribution in [0.25, 0.3) is 0 Å². The van der Waals surface area contributed by atoms with E-state index in [0.29, 0.717) is 30.1 Å². The van der Waals surface area contributed by atoms with Gasteiger partial charge in [-0.15, -0.1) is 0 Å². The summed E-state index contributed by atoms with van der Waals surface area (Å²) >= 11 is 6.01. The predicted molar refractivity (Wildman–Crippen MR) is 96.7 cm³/mol. The van der Waals surface area contributed by atoms with Gasteiger partial charge >= 0.3 is 0 Å². The third-order valence-corrected chi connectivity index (χ3v) is 4.59. The van der Waals surface area contributed by atoms with E-state index in [1.54, 1.807) is 6.07 Å². The lowest BCUT2D eigenvalue weighted by Crippen LogP contribution is -2.32. The monoisotopic (exact) mass is 394 g/mol. The second-order valence-corrected chi connectivity index (χ2v) is 6.65. The number of nitrogens with zero attached hydrogens (tertiary/aromatic N) is 1. The summed E-state index contributed by atoms with van der Waals surface area (Å²) in [6, 6.07) is 7.61. The fraction of sp³-hybridized carbons (Fsp3) is 0.263. The van der Waals surface area contributed by atoms with Gasteiger partial charge in [0.1, 0.15) is 0 Å². The van der Waals surface area contributed by atoms with Gasteiger partial charge in [-0.2, -0.15) is 0 Å². The first-order valence-corrected chi connectivity index (χ1v) is 8.75. The average Bonchev–Trinajstić information content (AvgIpc) is 3.07. The molecule has 1 saturated heterocycles. The Bertz CT molecular complexity index is 891. The van der Waals surface area contributed by atoms with Crippen LogP contribution in [0.5, 0.6) is 0 Å². The molecule has 1 heterocycles. The number of hydrogen-bond acceptors (Lipinski definition) is 3. The molecule has 1 fully saturated rings. The minimum absolute atomic E-state index is 0.0897. The number of amides is 2. The second-order valence-electron chi connectivity index (χ2n) is 6.21. The van der Waals surface area contributed by atoms with E-state index in [4.69, 9.17) is 11.6 Å². The number of anilines is 1. The summed E-state index contributed by atoms with van der Waals surface area (Å²) in [5.74, 6) is -2.70. The lowest BCUT2D eigenvalue weighted by molar-refractivity contribution is -0.117. The van der Waals surface area contributed by atoms with Crippen LogP contribution in [0.15, 0.2) is 36.4 Å². The van der Waals surface area contributed by atoms with Crippen LogP contribution in [0.3, 0.4) is 0 Å². The molecule has 2 amide bonds. The maximum atomic E-state index is 13.3. The van der Waals surface area contributed by atoms with Crippen molar-refractivity contribution < 1.29 is 23.5 Å². The average molecular weight is 395 g/mol. The minimum Gasteiger partial charge on any atom is -0.387 e. The first-order chi connectivity index (χ1) is 12.9. The number of hydrogen-bond donors (Lipinski definition) is 2. The highest BCUT2D eigenvalue weighted by molar-refractivity contribution is 6.31. The summed E-state index contributed by atoms with van der Waals surface area (Å²) in [6.07, 6.45) is -0.114. The van der Waals surface area contributed by atoms with Gasteiger partial charge in [-0.25, -0.2) is 8.78 Å². The van der Waals surface area contributed by atoms with Crippen molar-refractivity contribution in [1.29, 1.82) is 0 Å². The van der Waals surface area contributed by atoms with Crippen LogP contribution in [-0.4, -0.2) is 30.0 Å². The number of nitrogens with one attached hydrogen (secondary N) is 1. The standard InChI is InChI=1S/C19H17ClF2N2O3/c20-12-4-5-13(16(9-12)24-7-1-2-18(24)26)19(27)23-10-17(25)11-3-6-14(21)15(22)8-11/h3-6,8-9,17,25H,1-2,7,10H2,(H,23,27)/t17-/m1/s1. The molecule has 27 heavy (non-hydrogen) atoms. The zero-order valence-electron chi connectivity index (χ0n) is 14.2. The number of carbonyl (C=O) groups excluding carboxylic acids is 2. The summed E-state index contributed by atoms with van der Waals surface area (Å²) < 4.78 is 26.3. The Kier molecular flexibility index (Phi) is 5.72. The molecule has 0 aromatic heterocycles. The molecule has 1 aliphatic rings. The van der Waals surface area contributed by atoms with E-state index < -0.39 is 23.6 Å². The van der Waals surface area contributed by atoms with Gasteiger partial charge in [0.15, 0.2) is 11.6 Å². The zero-order chi connectivity index (χ0) is 19.6. The summed E-state index contributed by atoms with van der Waals surface area (Å²) in [6.45, 7) is 0.289. The molecule has 0 unspecified atom stereocenters. The van der Waals surface area contributed by atoms with E-state index in [0.717, 1.165) is 12.1 Å². The van der Waals surface area contributed by atoms with Crippen LogP contribution in [0.1, 0.15) is 34.9 Å². The topological polar surface area (TPSA) is 69.6 Å². The Hall–Kier alpha value is -2.51. The van der Waals surface area contributed by atoms with Crippen molar-refractivity contribution in [2.24, 2.45) is 0 Å². The molecule has 0 bridgehead atoms. The zero-order valence-corrected chi connectivity index (χ0v) is 15.0. The molecular weight excluding hydrogens is 378 g/mol. The fourth-order valence-corrected chi connectivity index (χ4v) is 3.11. The van der Waals surface area contributed by atoms with Crippen LogP contribution in [0.2, 0.25) is 5.02 Å². The highest BCUT2D eigenvalue weighted by Gasteiger charge is 2.26. The fourth-order valence-electron chi connectivity index (χ4n) is 2.95. The first kappa shape index (κ1) is 19.3. The van der Waals surface area contributed by atoms with Crippen LogP contribution in [-0.2, 0) is 4.79 Å².